The Morgan fingerprint density at radius 3 is 2.86 bits per heavy atom. The van der Waals surface area contributed by atoms with E-state index in [0.717, 1.165) is 5.56 Å². The third-order valence-electron chi connectivity index (χ3n) is 4.19. The highest BCUT2D eigenvalue weighted by Crippen LogP contribution is 2.38. The molecule has 29 heavy (non-hydrogen) atoms. The summed E-state index contributed by atoms with van der Waals surface area (Å²) in [6, 6.07) is 9.51. The van der Waals surface area contributed by atoms with Crippen LogP contribution in [-0.2, 0) is 4.74 Å². The van der Waals surface area contributed by atoms with Crippen LogP contribution >= 0.6 is 0 Å². The number of ether oxygens (including phenoxy) is 1. The van der Waals surface area contributed by atoms with E-state index in [9.17, 15) is 14.3 Å². The number of rotatable bonds is 5. The Morgan fingerprint density at radius 1 is 1.24 bits per heavy atom. The molecule has 0 bridgehead atoms. The van der Waals surface area contributed by atoms with Gasteiger partial charge in [-0.2, -0.15) is 0 Å². The summed E-state index contributed by atoms with van der Waals surface area (Å²) < 4.78 is 24.1. The van der Waals surface area contributed by atoms with Gasteiger partial charge in [-0.3, -0.25) is 10.9 Å². The Labute approximate surface area is 164 Å². The standard InChI is InChI=1S/C20H15FN4O4/c1-28-20(27)16-17(26)15(9-11-10-23-18-12(11)5-4-8-22-18)29-19(16)25-24-14-7-3-2-6-13(14)21/h2-10,24-26H,1H3. The predicted molar refractivity (Wildman–Crippen MR) is 106 cm³/mol. The number of halogens is 1. The maximum Gasteiger partial charge on any atom is 0.347 e. The molecule has 0 spiro atoms. The maximum absolute atomic E-state index is 13.8. The van der Waals surface area contributed by atoms with Gasteiger partial charge in [0.2, 0.25) is 5.88 Å². The summed E-state index contributed by atoms with van der Waals surface area (Å²) in [6.07, 6.45) is 4.71. The first-order valence-electron chi connectivity index (χ1n) is 8.50. The average Bonchev–Trinajstić information content (AvgIpc) is 3.28. The average molecular weight is 394 g/mol. The minimum absolute atomic E-state index is 0.00128. The molecule has 1 aromatic carbocycles. The SMILES string of the molecule is COC(=O)c1c(NNc2ccccc2F)oc(C=C2C=Nc3ncccc32)c1O. The van der Waals surface area contributed by atoms with Crippen molar-refractivity contribution in [2.45, 2.75) is 0 Å². The van der Waals surface area contributed by atoms with Crippen LogP contribution in [0.3, 0.4) is 0 Å². The number of hydrogen-bond donors (Lipinski definition) is 3. The predicted octanol–water partition coefficient (Wildman–Crippen LogP) is 4.00. The molecular weight excluding hydrogens is 379 g/mol. The Kier molecular flexibility index (Phi) is 4.70. The Hall–Kier alpha value is -4.14. The molecule has 0 unspecified atom stereocenters. The molecule has 0 saturated heterocycles. The van der Waals surface area contributed by atoms with Gasteiger partial charge in [-0.1, -0.05) is 12.1 Å². The summed E-state index contributed by atoms with van der Waals surface area (Å²) in [5, 5.41) is 10.5. The van der Waals surface area contributed by atoms with Gasteiger partial charge in [0, 0.05) is 23.5 Å². The number of allylic oxidation sites excluding steroid dienone is 1. The number of furan rings is 1. The van der Waals surface area contributed by atoms with Crippen LogP contribution in [0.1, 0.15) is 21.7 Å². The number of esters is 1. The molecule has 146 valence electrons. The van der Waals surface area contributed by atoms with Crippen molar-refractivity contribution in [3.8, 4) is 5.75 Å². The molecule has 1 aliphatic heterocycles. The van der Waals surface area contributed by atoms with Gasteiger partial charge in [-0.25, -0.2) is 19.2 Å². The van der Waals surface area contributed by atoms with Crippen LogP contribution in [0, 0.1) is 5.82 Å². The summed E-state index contributed by atoms with van der Waals surface area (Å²) in [7, 11) is 1.17. The number of nitrogens with zero attached hydrogens (tertiary/aromatic N) is 2. The number of carbonyl (C=O) groups excluding carboxylic acids is 1. The molecule has 0 radical (unpaired) electrons. The first kappa shape index (κ1) is 18.2. The number of aromatic hydroxyl groups is 1. The quantitative estimate of drug-likeness (QED) is 0.443. The molecule has 9 heteroatoms. The number of carbonyl (C=O) groups is 1. The number of hydrogen-bond acceptors (Lipinski definition) is 8. The molecule has 0 fully saturated rings. The molecule has 0 aliphatic carbocycles. The van der Waals surface area contributed by atoms with Crippen LogP contribution < -0.4 is 10.9 Å². The van der Waals surface area contributed by atoms with Gasteiger partial charge in [0.05, 0.1) is 12.8 Å². The first-order valence-corrected chi connectivity index (χ1v) is 8.50. The van der Waals surface area contributed by atoms with Gasteiger partial charge in [0.15, 0.2) is 22.9 Å². The Bertz CT molecular complexity index is 1150. The van der Waals surface area contributed by atoms with Crippen molar-refractivity contribution >= 4 is 41.2 Å². The lowest BCUT2D eigenvalue weighted by Gasteiger charge is -2.09. The minimum atomic E-state index is -0.823. The first-order chi connectivity index (χ1) is 14.1. The molecule has 4 rings (SSSR count). The summed E-state index contributed by atoms with van der Waals surface area (Å²) in [5.41, 5.74) is 6.49. The molecule has 0 saturated carbocycles. The largest absolute Gasteiger partial charge is 0.504 e. The van der Waals surface area contributed by atoms with Gasteiger partial charge < -0.3 is 14.3 Å². The highest BCUT2D eigenvalue weighted by Gasteiger charge is 2.27. The van der Waals surface area contributed by atoms with Crippen LogP contribution in [0.25, 0.3) is 11.6 Å². The number of pyridine rings is 1. The lowest BCUT2D eigenvalue weighted by atomic mass is 10.1. The molecule has 3 N–H and O–H groups in total. The topological polar surface area (TPSA) is 109 Å². The van der Waals surface area contributed by atoms with Crippen LogP contribution in [-0.4, -0.2) is 29.4 Å². The molecule has 2 aromatic heterocycles. The number of aliphatic imine (C=N–C) groups is 1. The van der Waals surface area contributed by atoms with E-state index in [4.69, 9.17) is 9.15 Å². The molecule has 8 nitrogen and oxygen atoms in total. The molecule has 0 amide bonds. The summed E-state index contributed by atoms with van der Waals surface area (Å²) in [4.78, 5) is 20.5. The number of anilines is 2. The number of fused-ring (bicyclic) bond motifs is 1. The van der Waals surface area contributed by atoms with Crippen LogP contribution in [0.4, 0.5) is 21.8 Å². The maximum atomic E-state index is 13.8. The zero-order valence-electron chi connectivity index (χ0n) is 15.1. The second-order valence-electron chi connectivity index (χ2n) is 5.97. The molecule has 3 aromatic rings. The molecular formula is C20H15FN4O4. The van der Waals surface area contributed by atoms with Crippen molar-refractivity contribution in [2.24, 2.45) is 4.99 Å². The fraction of sp³-hybridized carbons (Fsp3) is 0.0500. The van der Waals surface area contributed by atoms with Crippen molar-refractivity contribution in [1.29, 1.82) is 0 Å². The third-order valence-corrected chi connectivity index (χ3v) is 4.19. The van der Waals surface area contributed by atoms with Crippen LogP contribution in [0.5, 0.6) is 5.75 Å². The monoisotopic (exact) mass is 394 g/mol. The lowest BCUT2D eigenvalue weighted by molar-refractivity contribution is 0.0598. The van der Waals surface area contributed by atoms with E-state index in [0.29, 0.717) is 11.4 Å². The van der Waals surface area contributed by atoms with Crippen molar-refractivity contribution in [2.75, 3.05) is 18.0 Å². The normalized spacial score (nSPS) is 13.4. The van der Waals surface area contributed by atoms with E-state index in [2.05, 4.69) is 20.8 Å². The van der Waals surface area contributed by atoms with Gasteiger partial charge in [0.25, 0.3) is 0 Å². The van der Waals surface area contributed by atoms with Gasteiger partial charge in [0.1, 0.15) is 5.82 Å². The second-order valence-corrected chi connectivity index (χ2v) is 5.97. The molecule has 3 heterocycles. The van der Waals surface area contributed by atoms with Crippen LogP contribution in [0.15, 0.2) is 52.0 Å². The number of aromatic nitrogens is 1. The number of nitrogens with one attached hydrogen (secondary N) is 2. The van der Waals surface area contributed by atoms with Crippen LogP contribution in [0.2, 0.25) is 0 Å². The van der Waals surface area contributed by atoms with E-state index in [1.165, 1.54) is 25.3 Å². The fourth-order valence-corrected chi connectivity index (χ4v) is 2.79. The smallest absolute Gasteiger partial charge is 0.347 e. The minimum Gasteiger partial charge on any atom is -0.504 e. The third kappa shape index (κ3) is 3.41. The second kappa shape index (κ2) is 7.47. The van der Waals surface area contributed by atoms with E-state index in [-0.39, 0.29) is 22.9 Å². The number of hydrazine groups is 1. The van der Waals surface area contributed by atoms with Gasteiger partial charge in [-0.05, 0) is 30.3 Å². The zero-order chi connectivity index (χ0) is 20.4. The number of benzene rings is 1. The summed E-state index contributed by atoms with van der Waals surface area (Å²) in [5.74, 6) is -1.35. The number of para-hydroxylation sites is 1. The van der Waals surface area contributed by atoms with Crippen molar-refractivity contribution in [3.05, 3.63) is 65.3 Å². The Balaban J connectivity index is 1.70. The highest BCUT2D eigenvalue weighted by atomic mass is 19.1. The van der Waals surface area contributed by atoms with Crippen molar-refractivity contribution < 1.29 is 23.4 Å². The zero-order valence-corrected chi connectivity index (χ0v) is 15.1. The van der Waals surface area contributed by atoms with Crippen molar-refractivity contribution in [1.82, 2.24) is 4.98 Å². The van der Waals surface area contributed by atoms with Crippen molar-refractivity contribution in [3.63, 3.8) is 0 Å². The Morgan fingerprint density at radius 2 is 2.07 bits per heavy atom. The van der Waals surface area contributed by atoms with E-state index in [1.807, 2.05) is 6.07 Å². The fourth-order valence-electron chi connectivity index (χ4n) is 2.79. The number of methoxy groups -OCH3 is 1. The van der Waals surface area contributed by atoms with Gasteiger partial charge in [-0.15, -0.1) is 0 Å². The van der Waals surface area contributed by atoms with E-state index in [1.54, 1.807) is 30.6 Å². The van der Waals surface area contributed by atoms with Gasteiger partial charge >= 0.3 is 5.97 Å². The lowest BCUT2D eigenvalue weighted by Crippen LogP contribution is -2.12. The molecule has 1 aliphatic rings. The van der Waals surface area contributed by atoms with E-state index >= 15 is 0 Å². The summed E-state index contributed by atoms with van der Waals surface area (Å²) >= 11 is 0. The molecule has 0 atom stereocenters. The highest BCUT2D eigenvalue weighted by molar-refractivity contribution is 6.21. The van der Waals surface area contributed by atoms with E-state index < -0.39 is 17.5 Å². The summed E-state index contributed by atoms with van der Waals surface area (Å²) in [6.45, 7) is 0.